The molecular formula is C19H44O3. The maximum atomic E-state index is 5.31. The first kappa shape index (κ1) is 26.8. The second kappa shape index (κ2) is 25.8. The summed E-state index contributed by atoms with van der Waals surface area (Å²) in [5.41, 5.74) is 0. The number of hydrogen-bond acceptors (Lipinski definition) is 3. The SMILES string of the molecule is CCCCOCCCC.CCCOC(C)C.CCOC(C)C. The van der Waals surface area contributed by atoms with Crippen LogP contribution in [0.4, 0.5) is 0 Å². The lowest BCUT2D eigenvalue weighted by molar-refractivity contribution is 0.0794. The van der Waals surface area contributed by atoms with Crippen molar-refractivity contribution in [1.29, 1.82) is 0 Å². The van der Waals surface area contributed by atoms with Crippen LogP contribution in [0.5, 0.6) is 0 Å². The molecule has 0 radical (unpaired) electrons. The average Bonchev–Trinajstić information content (AvgIpc) is 2.46. The number of hydrogen-bond donors (Lipinski definition) is 0. The van der Waals surface area contributed by atoms with Gasteiger partial charge < -0.3 is 14.2 Å². The minimum absolute atomic E-state index is 0.398. The van der Waals surface area contributed by atoms with E-state index in [4.69, 9.17) is 14.2 Å². The van der Waals surface area contributed by atoms with Gasteiger partial charge in [0, 0.05) is 26.4 Å². The Morgan fingerprint density at radius 2 is 1.05 bits per heavy atom. The fraction of sp³-hybridized carbons (Fsp3) is 1.00. The van der Waals surface area contributed by atoms with E-state index in [0.29, 0.717) is 12.2 Å². The van der Waals surface area contributed by atoms with Crippen molar-refractivity contribution in [2.24, 2.45) is 0 Å². The summed E-state index contributed by atoms with van der Waals surface area (Å²) in [5, 5.41) is 0. The zero-order chi connectivity index (χ0) is 17.6. The van der Waals surface area contributed by atoms with Gasteiger partial charge in [0.2, 0.25) is 0 Å². The molecule has 0 aliphatic carbocycles. The van der Waals surface area contributed by atoms with Gasteiger partial charge in [0.15, 0.2) is 0 Å². The van der Waals surface area contributed by atoms with Gasteiger partial charge in [-0.05, 0) is 53.9 Å². The lowest BCUT2D eigenvalue weighted by Crippen LogP contribution is -2.01. The largest absolute Gasteiger partial charge is 0.381 e. The Morgan fingerprint density at radius 3 is 1.23 bits per heavy atom. The Kier molecular flexibility index (Phi) is 31.4. The number of ether oxygens (including phenoxy) is 3. The summed E-state index contributed by atoms with van der Waals surface area (Å²) in [6.45, 7) is 20.3. The highest BCUT2D eigenvalue weighted by molar-refractivity contribution is 4.34. The van der Waals surface area contributed by atoms with Crippen LogP contribution in [0.3, 0.4) is 0 Å². The Bertz CT molecular complexity index is 153. The third-order valence-corrected chi connectivity index (χ3v) is 2.44. The molecule has 0 heterocycles. The van der Waals surface area contributed by atoms with Crippen LogP contribution in [-0.2, 0) is 14.2 Å². The molecule has 0 atom stereocenters. The van der Waals surface area contributed by atoms with Crippen molar-refractivity contribution in [2.75, 3.05) is 26.4 Å². The average molecular weight is 321 g/mol. The predicted octanol–water partition coefficient (Wildman–Crippen LogP) is 5.86. The van der Waals surface area contributed by atoms with E-state index in [1.165, 1.54) is 25.7 Å². The molecule has 0 rings (SSSR count). The van der Waals surface area contributed by atoms with Gasteiger partial charge >= 0.3 is 0 Å². The first-order chi connectivity index (χ1) is 10.5. The first-order valence-corrected chi connectivity index (χ1v) is 9.26. The topological polar surface area (TPSA) is 27.7 Å². The van der Waals surface area contributed by atoms with Crippen molar-refractivity contribution in [2.45, 2.75) is 99.7 Å². The highest BCUT2D eigenvalue weighted by atomic mass is 16.5. The smallest absolute Gasteiger partial charge is 0.0518 e. The molecular weight excluding hydrogens is 276 g/mol. The first-order valence-electron chi connectivity index (χ1n) is 9.26. The Hall–Kier alpha value is -0.120. The zero-order valence-corrected chi connectivity index (χ0v) is 16.7. The molecule has 22 heavy (non-hydrogen) atoms. The number of rotatable bonds is 11. The summed E-state index contributed by atoms with van der Waals surface area (Å²) in [6.07, 6.45) is 6.83. The second-order valence-electron chi connectivity index (χ2n) is 5.74. The third-order valence-electron chi connectivity index (χ3n) is 2.44. The van der Waals surface area contributed by atoms with Gasteiger partial charge in [0.25, 0.3) is 0 Å². The Labute approximate surface area is 141 Å². The summed E-state index contributed by atoms with van der Waals surface area (Å²) in [6, 6.07) is 0. The monoisotopic (exact) mass is 320 g/mol. The van der Waals surface area contributed by atoms with E-state index in [-0.39, 0.29) is 0 Å². The molecule has 0 fully saturated rings. The molecule has 0 aromatic heterocycles. The van der Waals surface area contributed by atoms with Crippen LogP contribution in [0.15, 0.2) is 0 Å². The van der Waals surface area contributed by atoms with E-state index in [1.54, 1.807) is 0 Å². The maximum absolute atomic E-state index is 5.31. The fourth-order valence-corrected chi connectivity index (χ4v) is 1.28. The van der Waals surface area contributed by atoms with Crippen LogP contribution in [0.25, 0.3) is 0 Å². The summed E-state index contributed by atoms with van der Waals surface area (Å²) in [4.78, 5) is 0. The summed E-state index contributed by atoms with van der Waals surface area (Å²) in [7, 11) is 0. The van der Waals surface area contributed by atoms with Crippen LogP contribution in [0.1, 0.15) is 87.5 Å². The summed E-state index contributed by atoms with van der Waals surface area (Å²) in [5.74, 6) is 0. The molecule has 0 unspecified atom stereocenters. The van der Waals surface area contributed by atoms with E-state index in [0.717, 1.165) is 32.8 Å². The molecule has 0 saturated heterocycles. The molecule has 138 valence electrons. The molecule has 0 N–H and O–H groups in total. The number of unbranched alkanes of at least 4 members (excludes halogenated alkanes) is 2. The van der Waals surface area contributed by atoms with Crippen molar-refractivity contribution in [3.8, 4) is 0 Å². The minimum atomic E-state index is 0.398. The molecule has 3 heteroatoms. The van der Waals surface area contributed by atoms with Crippen molar-refractivity contribution in [3.05, 3.63) is 0 Å². The summed E-state index contributed by atoms with van der Waals surface area (Å²) >= 11 is 0. The second-order valence-corrected chi connectivity index (χ2v) is 5.74. The van der Waals surface area contributed by atoms with Crippen LogP contribution in [0, 0.1) is 0 Å². The van der Waals surface area contributed by atoms with Gasteiger partial charge in [-0.15, -0.1) is 0 Å². The van der Waals surface area contributed by atoms with Gasteiger partial charge in [-0.3, -0.25) is 0 Å². The van der Waals surface area contributed by atoms with Gasteiger partial charge in [0.05, 0.1) is 12.2 Å². The predicted molar refractivity (Wildman–Crippen MR) is 98.8 cm³/mol. The normalized spacial score (nSPS) is 10.1. The minimum Gasteiger partial charge on any atom is -0.381 e. The van der Waals surface area contributed by atoms with Crippen molar-refractivity contribution in [3.63, 3.8) is 0 Å². The molecule has 0 aliphatic heterocycles. The lowest BCUT2D eigenvalue weighted by atomic mass is 10.3. The van der Waals surface area contributed by atoms with E-state index in [2.05, 4.69) is 34.6 Å². The van der Waals surface area contributed by atoms with Gasteiger partial charge in [-0.1, -0.05) is 33.6 Å². The van der Waals surface area contributed by atoms with Gasteiger partial charge in [0.1, 0.15) is 0 Å². The lowest BCUT2D eigenvalue weighted by Gasteiger charge is -2.03. The highest BCUT2D eigenvalue weighted by Gasteiger charge is 1.87. The molecule has 0 aromatic carbocycles. The Balaban J connectivity index is -0.000000252. The van der Waals surface area contributed by atoms with E-state index in [9.17, 15) is 0 Å². The summed E-state index contributed by atoms with van der Waals surface area (Å²) < 4.78 is 15.5. The van der Waals surface area contributed by atoms with E-state index >= 15 is 0 Å². The van der Waals surface area contributed by atoms with Crippen molar-refractivity contribution in [1.82, 2.24) is 0 Å². The van der Waals surface area contributed by atoms with Crippen LogP contribution < -0.4 is 0 Å². The molecule has 0 spiro atoms. The quantitative estimate of drug-likeness (QED) is 0.446. The Morgan fingerprint density at radius 1 is 0.591 bits per heavy atom. The van der Waals surface area contributed by atoms with Gasteiger partial charge in [-0.2, -0.15) is 0 Å². The van der Waals surface area contributed by atoms with Crippen LogP contribution in [-0.4, -0.2) is 38.6 Å². The van der Waals surface area contributed by atoms with Crippen molar-refractivity contribution >= 4 is 0 Å². The van der Waals surface area contributed by atoms with Crippen molar-refractivity contribution < 1.29 is 14.2 Å². The third kappa shape index (κ3) is 42.7. The van der Waals surface area contributed by atoms with Crippen LogP contribution in [0.2, 0.25) is 0 Å². The van der Waals surface area contributed by atoms with Gasteiger partial charge in [-0.25, -0.2) is 0 Å². The molecule has 0 aliphatic rings. The van der Waals surface area contributed by atoms with Crippen LogP contribution >= 0.6 is 0 Å². The molecule has 0 bridgehead atoms. The molecule has 3 nitrogen and oxygen atoms in total. The molecule has 0 amide bonds. The molecule has 0 aromatic rings. The fourth-order valence-electron chi connectivity index (χ4n) is 1.28. The van der Waals surface area contributed by atoms with E-state index in [1.807, 2.05) is 20.8 Å². The standard InChI is InChI=1S/C8H18O.C6H14O.C5H12O/c1-3-5-7-9-8-6-4-2;1-4-5-7-6(2)3;1-4-6-5(2)3/h3-8H2,1-2H3;6H,4-5H2,1-3H3;5H,4H2,1-3H3. The zero-order valence-electron chi connectivity index (χ0n) is 16.7. The van der Waals surface area contributed by atoms with E-state index < -0.39 is 0 Å². The maximum Gasteiger partial charge on any atom is 0.0518 e. The highest BCUT2D eigenvalue weighted by Crippen LogP contribution is 1.91. The molecule has 0 saturated carbocycles.